The average Bonchev–Trinajstić information content (AvgIpc) is 2.89. The minimum Gasteiger partial charge on any atom is -0.494 e. The summed E-state index contributed by atoms with van der Waals surface area (Å²) in [7, 11) is 1.40. The molecule has 6 heteroatoms. The summed E-state index contributed by atoms with van der Waals surface area (Å²) in [5.41, 5.74) is 0.734. The molecule has 1 aliphatic rings. The second-order valence-electron chi connectivity index (χ2n) is 4.98. The molecule has 5 nitrogen and oxygen atoms in total. The van der Waals surface area contributed by atoms with Crippen LogP contribution in [0.25, 0.3) is 0 Å². The van der Waals surface area contributed by atoms with Crippen molar-refractivity contribution < 1.29 is 18.7 Å². The summed E-state index contributed by atoms with van der Waals surface area (Å²) in [6, 6.07) is 11.3. The van der Waals surface area contributed by atoms with Crippen molar-refractivity contribution in [2.75, 3.05) is 18.6 Å². The van der Waals surface area contributed by atoms with Gasteiger partial charge in [0.05, 0.1) is 12.8 Å². The van der Waals surface area contributed by atoms with E-state index in [1.54, 1.807) is 36.1 Å². The van der Waals surface area contributed by atoms with E-state index >= 15 is 0 Å². The largest absolute Gasteiger partial charge is 0.494 e. The van der Waals surface area contributed by atoms with Crippen molar-refractivity contribution in [2.24, 2.45) is 4.99 Å². The number of hydrogen-bond donors (Lipinski definition) is 0. The van der Waals surface area contributed by atoms with Gasteiger partial charge in [0, 0.05) is 6.07 Å². The Hall–Kier alpha value is -2.89. The molecule has 0 spiro atoms. The first kappa shape index (κ1) is 15.0. The summed E-state index contributed by atoms with van der Waals surface area (Å²) in [5, 5.41) is 0. The van der Waals surface area contributed by atoms with Crippen molar-refractivity contribution in [3.63, 3.8) is 0 Å². The normalized spacial score (nSPS) is 14.0. The lowest BCUT2D eigenvalue weighted by Crippen LogP contribution is -2.30. The molecule has 0 unspecified atom stereocenters. The van der Waals surface area contributed by atoms with E-state index in [2.05, 4.69) is 4.99 Å². The van der Waals surface area contributed by atoms with Crippen molar-refractivity contribution in [1.82, 2.24) is 0 Å². The fraction of sp³-hybridized carbons (Fsp3) is 0.176. The third kappa shape index (κ3) is 3.01. The molecule has 0 atom stereocenters. The number of carbonyl (C=O) groups excluding carboxylic acids is 1. The molecule has 0 radical (unpaired) electrons. The van der Waals surface area contributed by atoms with Crippen LogP contribution in [-0.4, -0.2) is 25.4 Å². The number of amides is 1. The average molecular weight is 314 g/mol. The van der Waals surface area contributed by atoms with Crippen molar-refractivity contribution in [1.29, 1.82) is 0 Å². The number of ether oxygens (including phenoxy) is 2. The lowest BCUT2D eigenvalue weighted by molar-refractivity contribution is -0.115. The van der Waals surface area contributed by atoms with Crippen molar-refractivity contribution in [3.8, 4) is 17.2 Å². The van der Waals surface area contributed by atoms with Gasteiger partial charge in [-0.25, -0.2) is 4.39 Å². The zero-order valence-electron chi connectivity index (χ0n) is 12.7. The highest BCUT2D eigenvalue weighted by Gasteiger charge is 2.23. The van der Waals surface area contributed by atoms with Gasteiger partial charge < -0.3 is 9.47 Å². The third-order valence-electron chi connectivity index (χ3n) is 3.47. The monoisotopic (exact) mass is 314 g/mol. The van der Waals surface area contributed by atoms with Crippen LogP contribution in [0.5, 0.6) is 17.2 Å². The van der Waals surface area contributed by atoms with E-state index in [1.165, 1.54) is 25.3 Å². The van der Waals surface area contributed by atoms with Gasteiger partial charge in [-0.3, -0.25) is 14.7 Å². The first-order valence-electron chi connectivity index (χ1n) is 7.04. The first-order valence-corrected chi connectivity index (χ1v) is 7.04. The second kappa shape index (κ2) is 6.08. The summed E-state index contributed by atoms with van der Waals surface area (Å²) in [5.74, 6) is 1.33. The van der Waals surface area contributed by atoms with Gasteiger partial charge in [-0.05, 0) is 43.3 Å². The van der Waals surface area contributed by atoms with E-state index in [1.807, 2.05) is 0 Å². The molecular formula is C17H15FN2O3. The van der Waals surface area contributed by atoms with Gasteiger partial charge in [0.25, 0.3) is 5.91 Å². The first-order chi connectivity index (χ1) is 11.1. The Morgan fingerprint density at radius 2 is 1.83 bits per heavy atom. The number of anilines is 1. The van der Waals surface area contributed by atoms with Crippen LogP contribution in [0.1, 0.15) is 6.92 Å². The number of carbonyl (C=O) groups is 1. The number of aliphatic imine (C=N–C) groups is 1. The Labute approximate surface area is 133 Å². The second-order valence-corrected chi connectivity index (χ2v) is 4.98. The minimum atomic E-state index is -0.447. The highest BCUT2D eigenvalue weighted by molar-refractivity contribution is 6.20. The van der Waals surface area contributed by atoms with Gasteiger partial charge in [-0.2, -0.15) is 0 Å². The third-order valence-corrected chi connectivity index (χ3v) is 3.47. The van der Waals surface area contributed by atoms with Crippen LogP contribution in [0.15, 0.2) is 47.5 Å². The Kier molecular flexibility index (Phi) is 3.97. The number of amidine groups is 1. The quantitative estimate of drug-likeness (QED) is 0.869. The highest BCUT2D eigenvalue weighted by Crippen LogP contribution is 2.29. The van der Waals surface area contributed by atoms with Crippen LogP contribution in [0.3, 0.4) is 0 Å². The number of benzene rings is 2. The lowest BCUT2D eigenvalue weighted by Gasteiger charge is -2.16. The van der Waals surface area contributed by atoms with Gasteiger partial charge in [0.2, 0.25) is 0 Å². The maximum absolute atomic E-state index is 13.4. The molecule has 23 heavy (non-hydrogen) atoms. The molecule has 3 rings (SSSR count). The molecule has 2 aromatic carbocycles. The van der Waals surface area contributed by atoms with Crippen molar-refractivity contribution >= 4 is 17.4 Å². The van der Waals surface area contributed by atoms with Crippen molar-refractivity contribution in [2.45, 2.75) is 6.92 Å². The summed E-state index contributed by atoms with van der Waals surface area (Å²) in [6.07, 6.45) is 0. The molecule has 1 heterocycles. The Morgan fingerprint density at radius 3 is 2.43 bits per heavy atom. The van der Waals surface area contributed by atoms with Crippen LogP contribution in [-0.2, 0) is 4.79 Å². The highest BCUT2D eigenvalue weighted by atomic mass is 19.1. The molecule has 1 aliphatic heterocycles. The van der Waals surface area contributed by atoms with Gasteiger partial charge in [-0.15, -0.1) is 0 Å². The Balaban J connectivity index is 1.78. The summed E-state index contributed by atoms with van der Waals surface area (Å²) in [4.78, 5) is 17.5. The van der Waals surface area contributed by atoms with Crippen LogP contribution >= 0.6 is 0 Å². The summed E-state index contributed by atoms with van der Waals surface area (Å²) >= 11 is 0. The number of hydrogen-bond acceptors (Lipinski definition) is 4. The number of methoxy groups -OCH3 is 1. The van der Waals surface area contributed by atoms with Crippen LogP contribution in [0.2, 0.25) is 0 Å². The van der Waals surface area contributed by atoms with Crippen LogP contribution < -0.4 is 14.4 Å². The van der Waals surface area contributed by atoms with Crippen LogP contribution in [0, 0.1) is 5.82 Å². The van der Waals surface area contributed by atoms with Crippen LogP contribution in [0.4, 0.5) is 10.1 Å². The molecule has 0 saturated heterocycles. The molecule has 0 saturated carbocycles. The maximum Gasteiger partial charge on any atom is 0.254 e. The van der Waals surface area contributed by atoms with Gasteiger partial charge in [0.1, 0.15) is 23.9 Å². The molecule has 0 bridgehead atoms. The lowest BCUT2D eigenvalue weighted by atomic mass is 10.2. The smallest absolute Gasteiger partial charge is 0.254 e. The van der Waals surface area contributed by atoms with E-state index in [-0.39, 0.29) is 18.2 Å². The molecule has 118 valence electrons. The molecule has 2 aromatic rings. The molecule has 0 fully saturated rings. The summed E-state index contributed by atoms with van der Waals surface area (Å²) < 4.78 is 24.0. The maximum atomic E-state index is 13.4. The van der Waals surface area contributed by atoms with Crippen molar-refractivity contribution in [3.05, 3.63) is 48.3 Å². The Morgan fingerprint density at radius 1 is 1.13 bits per heavy atom. The molecule has 0 N–H and O–H groups in total. The molecule has 0 aliphatic carbocycles. The Bertz CT molecular complexity index is 772. The SMILES string of the molecule is COc1cc(Oc2ccc(N3C(=O)CN=C3C)cc2)ccc1F. The van der Waals surface area contributed by atoms with E-state index in [9.17, 15) is 9.18 Å². The van der Waals surface area contributed by atoms with E-state index in [4.69, 9.17) is 9.47 Å². The van der Waals surface area contributed by atoms with Gasteiger partial charge >= 0.3 is 0 Å². The van der Waals surface area contributed by atoms with E-state index in [0.717, 1.165) is 5.69 Å². The fourth-order valence-electron chi connectivity index (χ4n) is 2.34. The van der Waals surface area contributed by atoms with E-state index < -0.39 is 5.82 Å². The summed E-state index contributed by atoms with van der Waals surface area (Å²) in [6.45, 7) is 1.97. The minimum absolute atomic E-state index is 0.0561. The topological polar surface area (TPSA) is 51.1 Å². The van der Waals surface area contributed by atoms with Gasteiger partial charge in [-0.1, -0.05) is 0 Å². The predicted molar refractivity (Wildman–Crippen MR) is 84.9 cm³/mol. The zero-order valence-corrected chi connectivity index (χ0v) is 12.7. The molecular weight excluding hydrogens is 299 g/mol. The number of rotatable bonds is 4. The molecule has 1 amide bonds. The van der Waals surface area contributed by atoms with E-state index in [0.29, 0.717) is 17.3 Å². The predicted octanol–water partition coefficient (Wildman–Crippen LogP) is 3.39. The fourth-order valence-corrected chi connectivity index (χ4v) is 2.34. The standard InChI is InChI=1S/C17H15FN2O3/c1-11-19-10-17(21)20(11)12-3-5-13(6-4-12)23-14-7-8-15(18)16(9-14)22-2/h3-9H,10H2,1-2H3. The number of halogens is 1. The zero-order chi connectivity index (χ0) is 16.4. The number of nitrogens with zero attached hydrogens (tertiary/aromatic N) is 2. The van der Waals surface area contributed by atoms with Gasteiger partial charge in [0.15, 0.2) is 11.6 Å². The molecule has 0 aromatic heterocycles.